The van der Waals surface area contributed by atoms with E-state index < -0.39 is 11.6 Å². The normalized spacial score (nSPS) is 17.7. The lowest BCUT2D eigenvalue weighted by Gasteiger charge is -2.38. The van der Waals surface area contributed by atoms with Crippen LogP contribution >= 0.6 is 0 Å². The van der Waals surface area contributed by atoms with Crippen molar-refractivity contribution in [1.82, 2.24) is 10.2 Å². The molecule has 0 bridgehead atoms. The largest absolute Gasteiger partial charge is 0.355 e. The molecule has 0 radical (unpaired) electrons. The molecule has 0 aromatic heterocycles. The van der Waals surface area contributed by atoms with Crippen LogP contribution in [-0.4, -0.2) is 36.3 Å². The van der Waals surface area contributed by atoms with Gasteiger partial charge < -0.3 is 10.2 Å². The molecule has 134 valence electrons. The Morgan fingerprint density at radius 1 is 1.16 bits per heavy atom. The first-order valence-corrected chi connectivity index (χ1v) is 8.74. The fourth-order valence-electron chi connectivity index (χ4n) is 3.24. The zero-order chi connectivity index (χ0) is 17.8. The van der Waals surface area contributed by atoms with Crippen molar-refractivity contribution in [2.75, 3.05) is 19.6 Å². The molecule has 0 spiro atoms. The third-order valence-electron chi connectivity index (χ3n) is 4.84. The van der Waals surface area contributed by atoms with Gasteiger partial charge in [-0.25, -0.2) is 8.78 Å². The highest BCUT2D eigenvalue weighted by molar-refractivity contribution is 5.96. The second kappa shape index (κ2) is 7.76. The zero-order valence-electron chi connectivity index (χ0n) is 14.1. The molecule has 1 saturated heterocycles. The Balaban J connectivity index is 1.42. The van der Waals surface area contributed by atoms with E-state index >= 15 is 0 Å². The van der Waals surface area contributed by atoms with Gasteiger partial charge >= 0.3 is 0 Å². The first kappa shape index (κ1) is 17.6. The van der Waals surface area contributed by atoms with E-state index in [0.29, 0.717) is 19.6 Å². The number of carbonyl (C=O) groups excluding carboxylic acids is 2. The monoisotopic (exact) mass is 348 g/mol. The summed E-state index contributed by atoms with van der Waals surface area (Å²) in [6.45, 7) is 1.25. The van der Waals surface area contributed by atoms with Crippen LogP contribution in [-0.2, 0) is 4.79 Å². The van der Waals surface area contributed by atoms with E-state index in [0.717, 1.165) is 31.4 Å². The number of amides is 2. The van der Waals surface area contributed by atoms with Crippen LogP contribution in [0.4, 0.5) is 8.78 Å². The van der Waals surface area contributed by atoms with Gasteiger partial charge in [0.05, 0.1) is 5.92 Å². The van der Waals surface area contributed by atoms with Crippen molar-refractivity contribution < 1.29 is 18.4 Å². The molecule has 25 heavy (non-hydrogen) atoms. The summed E-state index contributed by atoms with van der Waals surface area (Å²) in [5.74, 6) is -2.68. The van der Waals surface area contributed by atoms with Crippen LogP contribution in [0.2, 0.25) is 0 Å². The molecule has 3 rings (SSSR count). The van der Waals surface area contributed by atoms with Gasteiger partial charge in [-0.3, -0.25) is 9.59 Å². The lowest BCUT2D eigenvalue weighted by atomic mass is 9.96. The molecule has 1 aromatic carbocycles. The van der Waals surface area contributed by atoms with Crippen LogP contribution in [0.5, 0.6) is 0 Å². The van der Waals surface area contributed by atoms with E-state index in [1.54, 1.807) is 0 Å². The molecule has 1 heterocycles. The minimum absolute atomic E-state index is 0.0502. The van der Waals surface area contributed by atoms with Gasteiger partial charge in [0, 0.05) is 25.2 Å². The van der Waals surface area contributed by atoms with E-state index in [-0.39, 0.29) is 23.3 Å². The summed E-state index contributed by atoms with van der Waals surface area (Å²) in [6, 6.07) is 3.08. The number of hydrogen-bond donors (Lipinski definition) is 1. The highest BCUT2D eigenvalue weighted by atomic mass is 19.2. The second-order valence-corrected chi connectivity index (χ2v) is 6.69. The van der Waals surface area contributed by atoms with Gasteiger partial charge in [-0.05, 0) is 50.3 Å². The first-order chi connectivity index (χ1) is 12.0. The van der Waals surface area contributed by atoms with E-state index in [9.17, 15) is 18.4 Å². The molecule has 6 heteroatoms. The third kappa shape index (κ3) is 4.24. The molecule has 1 aliphatic carbocycles. The van der Waals surface area contributed by atoms with Gasteiger partial charge in [0.1, 0.15) is 0 Å². The van der Waals surface area contributed by atoms with Gasteiger partial charge in [0.25, 0.3) is 5.91 Å². The van der Waals surface area contributed by atoms with Crippen LogP contribution in [0.25, 0.3) is 0 Å². The summed E-state index contributed by atoms with van der Waals surface area (Å²) in [4.78, 5) is 25.7. The summed E-state index contributed by atoms with van der Waals surface area (Å²) in [7, 11) is 0. The molecule has 0 unspecified atom stereocenters. The predicted molar refractivity (Wildman–Crippen MR) is 89.9 cm³/mol. The van der Waals surface area contributed by atoms with Crippen molar-refractivity contribution in [2.45, 2.75) is 32.1 Å². The highest BCUT2D eigenvalue weighted by Gasteiger charge is 2.36. The molecule has 0 saturated carbocycles. The number of rotatable bonds is 5. The minimum Gasteiger partial charge on any atom is -0.355 e. The summed E-state index contributed by atoms with van der Waals surface area (Å²) < 4.78 is 26.1. The van der Waals surface area contributed by atoms with Crippen molar-refractivity contribution in [3.8, 4) is 0 Å². The Morgan fingerprint density at radius 2 is 1.96 bits per heavy atom. The van der Waals surface area contributed by atoms with Gasteiger partial charge in [-0.2, -0.15) is 0 Å². The van der Waals surface area contributed by atoms with Gasteiger partial charge in [0.2, 0.25) is 5.91 Å². The van der Waals surface area contributed by atoms with E-state index in [4.69, 9.17) is 0 Å². The molecule has 1 N–H and O–H groups in total. The van der Waals surface area contributed by atoms with Crippen LogP contribution in [0.3, 0.4) is 0 Å². The number of nitrogens with one attached hydrogen (secondary N) is 1. The predicted octanol–water partition coefficient (Wildman–Crippen LogP) is 3.04. The highest BCUT2D eigenvalue weighted by Crippen LogP contribution is 2.21. The maximum absolute atomic E-state index is 13.2. The van der Waals surface area contributed by atoms with Crippen molar-refractivity contribution in [2.24, 2.45) is 5.92 Å². The van der Waals surface area contributed by atoms with Crippen molar-refractivity contribution in [3.05, 3.63) is 47.0 Å². The standard InChI is InChI=1S/C19H22F2N2O2/c20-16-7-6-14(10-17(16)21)19(25)23-11-15(12-23)18(24)22-9-8-13-4-2-1-3-5-13/h4,6-7,10,15H,1-3,5,8-9,11-12H2,(H,22,24). The van der Waals surface area contributed by atoms with Crippen molar-refractivity contribution >= 4 is 11.8 Å². The Labute approximate surface area is 145 Å². The topological polar surface area (TPSA) is 49.4 Å². The Morgan fingerprint density at radius 3 is 2.64 bits per heavy atom. The summed E-state index contributed by atoms with van der Waals surface area (Å²) in [5, 5.41) is 2.92. The van der Waals surface area contributed by atoms with Crippen LogP contribution < -0.4 is 5.32 Å². The Hall–Kier alpha value is -2.24. The molecule has 4 nitrogen and oxygen atoms in total. The molecule has 1 aromatic rings. The number of nitrogens with zero attached hydrogens (tertiary/aromatic N) is 1. The molecular weight excluding hydrogens is 326 g/mol. The maximum atomic E-state index is 13.2. The van der Waals surface area contributed by atoms with E-state index in [1.807, 2.05) is 0 Å². The summed E-state index contributed by atoms with van der Waals surface area (Å²) in [5.41, 5.74) is 1.51. The number of hydrogen-bond acceptors (Lipinski definition) is 2. The number of benzene rings is 1. The van der Waals surface area contributed by atoms with Crippen molar-refractivity contribution in [3.63, 3.8) is 0 Å². The smallest absolute Gasteiger partial charge is 0.254 e. The number of likely N-dealkylation sites (tertiary alicyclic amines) is 1. The SMILES string of the molecule is O=C(NCCC1=CCCCC1)C1CN(C(=O)c2ccc(F)c(F)c2)C1. The molecule has 1 fully saturated rings. The van der Waals surface area contributed by atoms with Crippen LogP contribution in [0.15, 0.2) is 29.8 Å². The first-order valence-electron chi connectivity index (χ1n) is 8.74. The number of allylic oxidation sites excluding steroid dienone is 1. The van der Waals surface area contributed by atoms with Gasteiger partial charge in [-0.1, -0.05) is 11.6 Å². The molecule has 0 atom stereocenters. The van der Waals surface area contributed by atoms with Gasteiger partial charge in [0.15, 0.2) is 11.6 Å². The maximum Gasteiger partial charge on any atom is 0.254 e. The lowest BCUT2D eigenvalue weighted by Crippen LogP contribution is -2.55. The van der Waals surface area contributed by atoms with E-state index in [1.165, 1.54) is 29.4 Å². The quantitative estimate of drug-likeness (QED) is 0.832. The van der Waals surface area contributed by atoms with Crippen LogP contribution in [0, 0.1) is 17.6 Å². The third-order valence-corrected chi connectivity index (χ3v) is 4.84. The van der Waals surface area contributed by atoms with E-state index in [2.05, 4.69) is 11.4 Å². The summed E-state index contributed by atoms with van der Waals surface area (Å²) in [6.07, 6.45) is 7.88. The average molecular weight is 348 g/mol. The zero-order valence-corrected chi connectivity index (χ0v) is 14.1. The average Bonchev–Trinajstić information content (AvgIpc) is 2.57. The fraction of sp³-hybridized carbons (Fsp3) is 0.474. The molecule has 2 amide bonds. The molecular formula is C19H22F2N2O2. The summed E-state index contributed by atoms with van der Waals surface area (Å²) >= 11 is 0. The fourth-order valence-corrected chi connectivity index (χ4v) is 3.24. The van der Waals surface area contributed by atoms with Crippen molar-refractivity contribution in [1.29, 1.82) is 0 Å². The Bertz CT molecular complexity index is 697. The molecule has 1 aliphatic heterocycles. The lowest BCUT2D eigenvalue weighted by molar-refractivity contribution is -0.128. The van der Waals surface area contributed by atoms with Gasteiger partial charge in [-0.15, -0.1) is 0 Å². The number of halogens is 2. The Kier molecular flexibility index (Phi) is 5.46. The second-order valence-electron chi connectivity index (χ2n) is 6.69. The number of carbonyl (C=O) groups is 2. The molecule has 2 aliphatic rings. The minimum atomic E-state index is -1.04. The van der Waals surface area contributed by atoms with Crippen LogP contribution in [0.1, 0.15) is 42.5 Å².